The van der Waals surface area contributed by atoms with Gasteiger partial charge in [0.05, 0.1) is 13.0 Å². The van der Waals surface area contributed by atoms with Gasteiger partial charge in [0.1, 0.15) is 9.39 Å². The Kier molecular flexibility index (Phi) is 4.48. The van der Waals surface area contributed by atoms with Crippen molar-refractivity contribution in [3.63, 3.8) is 0 Å². The van der Waals surface area contributed by atoms with Crippen LogP contribution in [0.1, 0.15) is 5.69 Å². The number of rotatable bonds is 3. The van der Waals surface area contributed by atoms with Crippen LogP contribution in [0.15, 0.2) is 6.07 Å². The molecule has 0 fully saturated rings. The lowest BCUT2D eigenvalue weighted by Gasteiger charge is -2.15. The summed E-state index contributed by atoms with van der Waals surface area (Å²) >= 11 is 7.34. The van der Waals surface area contributed by atoms with E-state index in [-0.39, 0.29) is 17.3 Å². The molecule has 8 heteroatoms. The maximum absolute atomic E-state index is 12.1. The number of hydrogen-bond donors (Lipinski definition) is 0. The molecule has 1 aromatic rings. The summed E-state index contributed by atoms with van der Waals surface area (Å²) in [6.07, 6.45) is -4.80. The van der Waals surface area contributed by atoms with E-state index in [0.29, 0.717) is 3.70 Å². The second-order valence-corrected chi connectivity index (χ2v) is 3.98. The van der Waals surface area contributed by atoms with Crippen LogP contribution in [0.3, 0.4) is 0 Å². The molecule has 0 aromatic carbocycles. The Balaban J connectivity index is 3.22. The summed E-state index contributed by atoms with van der Waals surface area (Å²) in [5.41, 5.74) is -0.0114. The fourth-order valence-corrected chi connectivity index (χ4v) is 1.75. The molecule has 0 N–H and O–H groups in total. The Morgan fingerprint density at radius 1 is 1.50 bits per heavy atom. The van der Waals surface area contributed by atoms with Crippen molar-refractivity contribution in [1.82, 2.24) is 4.98 Å². The van der Waals surface area contributed by atoms with Gasteiger partial charge in [-0.05, 0) is 22.6 Å². The maximum atomic E-state index is 12.1. The van der Waals surface area contributed by atoms with Gasteiger partial charge in [0, 0.05) is 6.07 Å². The second kappa shape index (κ2) is 5.26. The first-order valence-corrected chi connectivity index (χ1v) is 5.54. The summed E-state index contributed by atoms with van der Waals surface area (Å²) in [4.78, 5) is 3.83. The number of ether oxygens (including phenoxy) is 2. The summed E-state index contributed by atoms with van der Waals surface area (Å²) in [7, 11) is 1.24. The molecule has 16 heavy (non-hydrogen) atoms. The van der Waals surface area contributed by atoms with Crippen LogP contribution in [0.2, 0.25) is 0 Å². The Hall–Kier alpha value is -0.440. The molecule has 0 unspecified atom stereocenters. The van der Waals surface area contributed by atoms with Gasteiger partial charge in [-0.25, -0.2) is 4.98 Å². The monoisotopic (exact) mass is 367 g/mol. The standard InChI is InChI=1S/C8H6ClF3INO2/c1-15-5-2-6(13)14-4(3-9)7(5)16-8(10,11)12/h2H,3H2,1H3. The first kappa shape index (κ1) is 13.6. The molecule has 3 nitrogen and oxygen atoms in total. The van der Waals surface area contributed by atoms with Gasteiger partial charge in [0.2, 0.25) is 0 Å². The summed E-state index contributed by atoms with van der Waals surface area (Å²) in [6, 6.07) is 1.33. The van der Waals surface area contributed by atoms with Gasteiger partial charge >= 0.3 is 6.36 Å². The Morgan fingerprint density at radius 2 is 2.12 bits per heavy atom. The van der Waals surface area contributed by atoms with Crippen LogP contribution in [-0.2, 0) is 5.88 Å². The second-order valence-electron chi connectivity index (χ2n) is 2.60. The number of hydrogen-bond acceptors (Lipinski definition) is 3. The molecule has 0 saturated heterocycles. The average Bonchev–Trinajstić information content (AvgIpc) is 2.18. The molecule has 0 atom stereocenters. The number of aromatic nitrogens is 1. The minimum Gasteiger partial charge on any atom is -0.493 e. The fraction of sp³-hybridized carbons (Fsp3) is 0.375. The SMILES string of the molecule is COc1cc(I)nc(CCl)c1OC(F)(F)F. The maximum Gasteiger partial charge on any atom is 0.573 e. The molecular weight excluding hydrogens is 361 g/mol. The van der Waals surface area contributed by atoms with E-state index in [2.05, 4.69) is 9.72 Å². The highest BCUT2D eigenvalue weighted by Crippen LogP contribution is 2.36. The molecule has 0 aliphatic heterocycles. The molecule has 0 aliphatic carbocycles. The van der Waals surface area contributed by atoms with E-state index in [1.807, 2.05) is 22.6 Å². The third-order valence-corrected chi connectivity index (χ3v) is 2.35. The van der Waals surface area contributed by atoms with Crippen molar-refractivity contribution in [1.29, 1.82) is 0 Å². The first-order valence-electron chi connectivity index (χ1n) is 3.92. The molecule has 0 aliphatic rings. The van der Waals surface area contributed by atoms with E-state index in [4.69, 9.17) is 16.3 Å². The van der Waals surface area contributed by atoms with Crippen LogP contribution in [0.4, 0.5) is 13.2 Å². The van der Waals surface area contributed by atoms with Gasteiger partial charge < -0.3 is 9.47 Å². The van der Waals surface area contributed by atoms with E-state index < -0.39 is 12.1 Å². The molecule has 90 valence electrons. The Morgan fingerprint density at radius 3 is 2.56 bits per heavy atom. The third-order valence-electron chi connectivity index (χ3n) is 1.54. The lowest BCUT2D eigenvalue weighted by Crippen LogP contribution is -2.19. The highest BCUT2D eigenvalue weighted by molar-refractivity contribution is 14.1. The van der Waals surface area contributed by atoms with Crippen molar-refractivity contribution in [3.8, 4) is 11.5 Å². The normalized spacial score (nSPS) is 11.4. The minimum absolute atomic E-state index is 0.0114. The lowest BCUT2D eigenvalue weighted by molar-refractivity contribution is -0.275. The third kappa shape index (κ3) is 3.55. The molecule has 1 aromatic heterocycles. The predicted octanol–water partition coefficient (Wildman–Crippen LogP) is 3.33. The molecule has 0 radical (unpaired) electrons. The van der Waals surface area contributed by atoms with E-state index >= 15 is 0 Å². The van der Waals surface area contributed by atoms with Crippen LogP contribution >= 0.6 is 34.2 Å². The number of halogens is 5. The molecule has 1 rings (SSSR count). The van der Waals surface area contributed by atoms with Crippen LogP contribution in [0.5, 0.6) is 11.5 Å². The molecule has 0 spiro atoms. The summed E-state index contributed by atoms with van der Waals surface area (Å²) < 4.78 is 45.5. The predicted molar refractivity (Wildman–Crippen MR) is 59.7 cm³/mol. The number of nitrogens with zero attached hydrogens (tertiary/aromatic N) is 1. The van der Waals surface area contributed by atoms with Crippen LogP contribution in [-0.4, -0.2) is 18.5 Å². The van der Waals surface area contributed by atoms with Gasteiger partial charge in [-0.1, -0.05) is 0 Å². The van der Waals surface area contributed by atoms with E-state index in [0.717, 1.165) is 0 Å². The van der Waals surface area contributed by atoms with Gasteiger partial charge in [0.25, 0.3) is 0 Å². The number of methoxy groups -OCH3 is 1. The van der Waals surface area contributed by atoms with E-state index in [9.17, 15) is 13.2 Å². The summed E-state index contributed by atoms with van der Waals surface area (Å²) in [5, 5.41) is 0. The largest absolute Gasteiger partial charge is 0.573 e. The molecule has 0 amide bonds. The molecule has 0 saturated carbocycles. The van der Waals surface area contributed by atoms with Gasteiger partial charge in [-0.15, -0.1) is 24.8 Å². The zero-order valence-electron chi connectivity index (χ0n) is 7.94. The zero-order valence-corrected chi connectivity index (χ0v) is 10.9. The quantitative estimate of drug-likeness (QED) is 0.467. The summed E-state index contributed by atoms with van der Waals surface area (Å²) in [5.74, 6) is -0.740. The van der Waals surface area contributed by atoms with Crippen LogP contribution < -0.4 is 9.47 Å². The van der Waals surface area contributed by atoms with Crippen molar-refractivity contribution in [2.45, 2.75) is 12.2 Å². The lowest BCUT2D eigenvalue weighted by atomic mass is 10.3. The molecule has 0 bridgehead atoms. The van der Waals surface area contributed by atoms with E-state index in [1.54, 1.807) is 0 Å². The average molecular weight is 367 g/mol. The Labute approximate surface area is 108 Å². The van der Waals surface area contributed by atoms with E-state index in [1.165, 1.54) is 13.2 Å². The highest BCUT2D eigenvalue weighted by Gasteiger charge is 2.34. The van der Waals surface area contributed by atoms with Gasteiger partial charge in [-0.3, -0.25) is 0 Å². The highest BCUT2D eigenvalue weighted by atomic mass is 127. The smallest absolute Gasteiger partial charge is 0.493 e. The van der Waals surface area contributed by atoms with Crippen molar-refractivity contribution in [3.05, 3.63) is 15.5 Å². The fourth-order valence-electron chi connectivity index (χ4n) is 0.995. The molecule has 1 heterocycles. The van der Waals surface area contributed by atoms with Crippen molar-refractivity contribution >= 4 is 34.2 Å². The van der Waals surface area contributed by atoms with Gasteiger partial charge in [0.15, 0.2) is 11.5 Å². The van der Waals surface area contributed by atoms with Crippen LogP contribution in [0, 0.1) is 3.70 Å². The van der Waals surface area contributed by atoms with Gasteiger partial charge in [-0.2, -0.15) is 0 Å². The van der Waals surface area contributed by atoms with Crippen molar-refractivity contribution < 1.29 is 22.6 Å². The first-order chi connectivity index (χ1) is 7.37. The summed E-state index contributed by atoms with van der Waals surface area (Å²) in [6.45, 7) is 0. The zero-order chi connectivity index (χ0) is 12.3. The van der Waals surface area contributed by atoms with Crippen LogP contribution in [0.25, 0.3) is 0 Å². The number of pyridine rings is 1. The topological polar surface area (TPSA) is 31.4 Å². The number of alkyl halides is 4. The van der Waals surface area contributed by atoms with Crippen molar-refractivity contribution in [2.75, 3.05) is 7.11 Å². The molecular formula is C8H6ClF3INO2. The Bertz CT molecular complexity index is 361. The minimum atomic E-state index is -4.80. The van der Waals surface area contributed by atoms with Crippen molar-refractivity contribution in [2.24, 2.45) is 0 Å².